The summed E-state index contributed by atoms with van der Waals surface area (Å²) in [5.74, 6) is 0.431. The summed E-state index contributed by atoms with van der Waals surface area (Å²) in [6, 6.07) is 11.4. The van der Waals surface area contributed by atoms with Gasteiger partial charge >= 0.3 is 5.97 Å². The van der Waals surface area contributed by atoms with Crippen LogP contribution in [0.25, 0.3) is 22.9 Å². The summed E-state index contributed by atoms with van der Waals surface area (Å²) in [6.45, 7) is 4.15. The van der Waals surface area contributed by atoms with Gasteiger partial charge in [-0.25, -0.2) is 4.79 Å². The van der Waals surface area contributed by atoms with Crippen molar-refractivity contribution in [2.45, 2.75) is 0 Å². The number of benzene rings is 2. The molecule has 1 heterocycles. The van der Waals surface area contributed by atoms with E-state index >= 15 is 0 Å². The SMILES string of the molecule is C=C1c2cc(-c3ccc(C(=O)OC)cc3)c(OC)cc2C=CN1C. The molecule has 4 heteroatoms. The van der Waals surface area contributed by atoms with Crippen LogP contribution in [0.3, 0.4) is 0 Å². The smallest absolute Gasteiger partial charge is 0.337 e. The second-order valence-corrected chi connectivity index (χ2v) is 5.58. The van der Waals surface area contributed by atoms with E-state index in [0.717, 1.165) is 33.7 Å². The molecule has 2 aromatic carbocycles. The van der Waals surface area contributed by atoms with Crippen LogP contribution in [-0.2, 0) is 4.74 Å². The first-order valence-electron chi connectivity index (χ1n) is 7.56. The highest BCUT2D eigenvalue weighted by Crippen LogP contribution is 2.38. The third-order valence-electron chi connectivity index (χ3n) is 4.20. The summed E-state index contributed by atoms with van der Waals surface area (Å²) in [6.07, 6.45) is 4.02. The molecule has 0 saturated heterocycles. The highest BCUT2D eigenvalue weighted by atomic mass is 16.5. The molecule has 0 N–H and O–H groups in total. The van der Waals surface area contributed by atoms with E-state index in [1.807, 2.05) is 42.4 Å². The number of fused-ring (bicyclic) bond motifs is 1. The van der Waals surface area contributed by atoms with E-state index < -0.39 is 0 Å². The fourth-order valence-corrected chi connectivity index (χ4v) is 2.75. The fraction of sp³-hybridized carbons (Fsp3) is 0.150. The lowest BCUT2D eigenvalue weighted by molar-refractivity contribution is 0.0601. The number of methoxy groups -OCH3 is 2. The van der Waals surface area contributed by atoms with Gasteiger partial charge < -0.3 is 14.4 Å². The Hall–Kier alpha value is -3.01. The van der Waals surface area contributed by atoms with Crippen LogP contribution in [0.5, 0.6) is 5.75 Å². The molecule has 2 aromatic rings. The predicted octanol–water partition coefficient (Wildman–Crippen LogP) is 4.04. The minimum absolute atomic E-state index is 0.348. The molecule has 0 saturated carbocycles. The number of hydrogen-bond donors (Lipinski definition) is 0. The average Bonchev–Trinajstić information content (AvgIpc) is 2.63. The number of carbonyl (C=O) groups excluding carboxylic acids is 1. The van der Waals surface area contributed by atoms with Crippen molar-refractivity contribution in [1.29, 1.82) is 0 Å². The lowest BCUT2D eigenvalue weighted by Crippen LogP contribution is -2.12. The van der Waals surface area contributed by atoms with Gasteiger partial charge in [-0.05, 0) is 41.5 Å². The van der Waals surface area contributed by atoms with Gasteiger partial charge in [0, 0.05) is 30.1 Å². The van der Waals surface area contributed by atoms with Crippen molar-refractivity contribution in [1.82, 2.24) is 4.90 Å². The topological polar surface area (TPSA) is 38.8 Å². The molecule has 0 aromatic heterocycles. The van der Waals surface area contributed by atoms with Crippen LogP contribution in [0, 0.1) is 0 Å². The van der Waals surface area contributed by atoms with Gasteiger partial charge in [-0.2, -0.15) is 0 Å². The zero-order chi connectivity index (χ0) is 17.3. The Morgan fingerprint density at radius 2 is 1.79 bits per heavy atom. The summed E-state index contributed by atoms with van der Waals surface area (Å²) in [7, 11) is 5.00. The Bertz CT molecular complexity index is 835. The maximum Gasteiger partial charge on any atom is 0.337 e. The van der Waals surface area contributed by atoms with Crippen molar-refractivity contribution < 1.29 is 14.3 Å². The number of carbonyl (C=O) groups is 1. The molecule has 3 rings (SSSR count). The Morgan fingerprint density at radius 3 is 2.42 bits per heavy atom. The number of hydrogen-bond acceptors (Lipinski definition) is 4. The van der Waals surface area contributed by atoms with Crippen LogP contribution < -0.4 is 4.74 Å². The Balaban J connectivity index is 2.09. The standard InChI is InChI=1S/C20H19NO3/c1-13-17-12-18(14-5-7-15(8-6-14)20(22)24-4)19(23-3)11-16(17)9-10-21(13)2/h5-12H,1H2,2-4H3. The molecule has 0 unspecified atom stereocenters. The molecule has 1 aliphatic heterocycles. The quantitative estimate of drug-likeness (QED) is 0.800. The molecule has 0 bridgehead atoms. The van der Waals surface area contributed by atoms with Gasteiger partial charge in [0.05, 0.1) is 19.8 Å². The lowest BCUT2D eigenvalue weighted by Gasteiger charge is -2.25. The first kappa shape index (κ1) is 15.9. The van der Waals surface area contributed by atoms with Crippen LogP contribution in [-0.4, -0.2) is 32.1 Å². The first-order chi connectivity index (χ1) is 11.5. The normalized spacial score (nSPS) is 12.8. The number of ether oxygens (including phenoxy) is 2. The van der Waals surface area contributed by atoms with Crippen molar-refractivity contribution in [3.8, 4) is 16.9 Å². The fourth-order valence-electron chi connectivity index (χ4n) is 2.75. The molecule has 0 amide bonds. The van der Waals surface area contributed by atoms with Crippen molar-refractivity contribution in [3.63, 3.8) is 0 Å². The average molecular weight is 321 g/mol. The zero-order valence-electron chi connectivity index (χ0n) is 14.0. The predicted molar refractivity (Wildman–Crippen MR) is 95.6 cm³/mol. The maximum absolute atomic E-state index is 11.6. The molecule has 0 fully saturated rings. The van der Waals surface area contributed by atoms with E-state index in [1.54, 1.807) is 19.2 Å². The Morgan fingerprint density at radius 1 is 1.08 bits per heavy atom. The summed E-state index contributed by atoms with van der Waals surface area (Å²) < 4.78 is 10.3. The Labute approximate surface area is 141 Å². The van der Waals surface area contributed by atoms with E-state index in [9.17, 15) is 4.79 Å². The molecule has 24 heavy (non-hydrogen) atoms. The second kappa shape index (κ2) is 6.24. The minimum Gasteiger partial charge on any atom is -0.496 e. The molecule has 0 radical (unpaired) electrons. The Kier molecular flexibility index (Phi) is 4.13. The van der Waals surface area contributed by atoms with Crippen molar-refractivity contribution >= 4 is 17.7 Å². The number of esters is 1. The highest BCUT2D eigenvalue weighted by molar-refractivity contribution is 5.90. The monoisotopic (exact) mass is 321 g/mol. The number of rotatable bonds is 3. The summed E-state index contributed by atoms with van der Waals surface area (Å²) in [4.78, 5) is 13.6. The van der Waals surface area contributed by atoms with Gasteiger partial charge in [0.1, 0.15) is 5.75 Å². The van der Waals surface area contributed by atoms with E-state index in [2.05, 4.69) is 12.6 Å². The molecule has 0 atom stereocenters. The van der Waals surface area contributed by atoms with E-state index in [0.29, 0.717) is 5.56 Å². The highest BCUT2D eigenvalue weighted by Gasteiger charge is 2.17. The molecule has 122 valence electrons. The molecular weight excluding hydrogens is 302 g/mol. The van der Waals surface area contributed by atoms with Gasteiger partial charge in [-0.15, -0.1) is 0 Å². The molecular formula is C20H19NO3. The maximum atomic E-state index is 11.6. The van der Waals surface area contributed by atoms with Crippen molar-refractivity contribution in [2.75, 3.05) is 21.3 Å². The van der Waals surface area contributed by atoms with E-state index in [4.69, 9.17) is 9.47 Å². The summed E-state index contributed by atoms with van der Waals surface area (Å²) in [5.41, 5.74) is 5.51. The van der Waals surface area contributed by atoms with Crippen molar-refractivity contribution in [3.05, 3.63) is 65.9 Å². The molecule has 0 aliphatic carbocycles. The molecule has 1 aliphatic rings. The van der Waals surface area contributed by atoms with E-state index in [-0.39, 0.29) is 5.97 Å². The lowest BCUT2D eigenvalue weighted by atomic mass is 9.94. The van der Waals surface area contributed by atoms with Crippen LogP contribution in [0.2, 0.25) is 0 Å². The third kappa shape index (κ3) is 2.67. The first-order valence-corrected chi connectivity index (χ1v) is 7.56. The minimum atomic E-state index is -0.348. The van der Waals surface area contributed by atoms with Crippen molar-refractivity contribution in [2.24, 2.45) is 0 Å². The van der Waals surface area contributed by atoms with Gasteiger partial charge in [-0.1, -0.05) is 18.7 Å². The zero-order valence-corrected chi connectivity index (χ0v) is 14.0. The summed E-state index contributed by atoms with van der Waals surface area (Å²) in [5, 5.41) is 0. The number of nitrogens with zero attached hydrogens (tertiary/aromatic N) is 1. The van der Waals surface area contributed by atoms with Gasteiger partial charge in [-0.3, -0.25) is 0 Å². The van der Waals surface area contributed by atoms with Gasteiger partial charge in [0.25, 0.3) is 0 Å². The van der Waals surface area contributed by atoms with Gasteiger partial charge in [0.15, 0.2) is 0 Å². The van der Waals surface area contributed by atoms with Gasteiger partial charge in [0.2, 0.25) is 0 Å². The van der Waals surface area contributed by atoms with E-state index in [1.165, 1.54) is 7.11 Å². The molecule has 4 nitrogen and oxygen atoms in total. The van der Waals surface area contributed by atoms with Crippen LogP contribution in [0.4, 0.5) is 0 Å². The third-order valence-corrected chi connectivity index (χ3v) is 4.20. The largest absolute Gasteiger partial charge is 0.496 e. The van der Waals surface area contributed by atoms with Crippen LogP contribution in [0.15, 0.2) is 49.2 Å². The molecule has 0 spiro atoms. The summed E-state index contributed by atoms with van der Waals surface area (Å²) >= 11 is 0. The second-order valence-electron chi connectivity index (χ2n) is 5.58. The van der Waals surface area contributed by atoms with Crippen LogP contribution >= 0.6 is 0 Å². The van der Waals surface area contributed by atoms with Crippen LogP contribution in [0.1, 0.15) is 21.5 Å².